The molecule has 7 heteroatoms. The van der Waals surface area contributed by atoms with E-state index < -0.39 is 10.8 Å². The summed E-state index contributed by atoms with van der Waals surface area (Å²) in [5.41, 5.74) is 2.56. The van der Waals surface area contributed by atoms with Crippen LogP contribution in [0.4, 0.5) is 11.4 Å². The van der Waals surface area contributed by atoms with Crippen molar-refractivity contribution in [3.05, 3.63) is 76.3 Å². The lowest BCUT2D eigenvalue weighted by Gasteiger charge is -2.15. The molecular weight excluding hydrogens is 372 g/mol. The minimum absolute atomic E-state index is 0.0154. The van der Waals surface area contributed by atoms with Gasteiger partial charge in [-0.2, -0.15) is 0 Å². The lowest BCUT2D eigenvalue weighted by Crippen LogP contribution is -2.19. The summed E-state index contributed by atoms with van der Waals surface area (Å²) in [5, 5.41) is 15.6. The van der Waals surface area contributed by atoms with Gasteiger partial charge >= 0.3 is 0 Å². The normalized spacial score (nSPS) is 12.1. The van der Waals surface area contributed by atoms with Gasteiger partial charge in [0.15, 0.2) is 0 Å². The zero-order valence-corrected chi connectivity index (χ0v) is 15.8. The van der Waals surface area contributed by atoms with E-state index in [1.807, 2.05) is 30.3 Å². The fourth-order valence-corrected chi connectivity index (χ4v) is 3.30. The summed E-state index contributed by atoms with van der Waals surface area (Å²) in [7, 11) is 1.54. The molecule has 146 valence electrons. The summed E-state index contributed by atoms with van der Waals surface area (Å²) >= 11 is 0. The van der Waals surface area contributed by atoms with Gasteiger partial charge in [-0.25, -0.2) is 0 Å². The maximum Gasteiger partial charge on any atom is 0.269 e. The predicted octanol–water partition coefficient (Wildman–Crippen LogP) is 5.25. The first-order valence-electron chi connectivity index (χ1n) is 9.02. The molecule has 1 atom stereocenters. The molecule has 0 aliphatic carbocycles. The van der Waals surface area contributed by atoms with E-state index >= 15 is 0 Å². The Kier molecular flexibility index (Phi) is 4.64. The molecule has 3 aromatic carbocycles. The van der Waals surface area contributed by atoms with Crippen molar-refractivity contribution in [1.82, 2.24) is 0 Å². The van der Waals surface area contributed by atoms with Gasteiger partial charge in [-0.1, -0.05) is 30.3 Å². The number of fused-ring (bicyclic) bond motifs is 3. The van der Waals surface area contributed by atoms with Gasteiger partial charge in [-0.05, 0) is 24.6 Å². The van der Waals surface area contributed by atoms with Crippen LogP contribution < -0.4 is 10.1 Å². The van der Waals surface area contributed by atoms with Gasteiger partial charge in [0.1, 0.15) is 16.9 Å². The van der Waals surface area contributed by atoms with E-state index in [1.54, 1.807) is 32.2 Å². The van der Waals surface area contributed by atoms with E-state index in [4.69, 9.17) is 9.15 Å². The summed E-state index contributed by atoms with van der Waals surface area (Å²) in [6.45, 7) is 1.74. The quantitative estimate of drug-likeness (QED) is 0.371. The first-order chi connectivity index (χ1) is 14.0. The molecule has 4 aromatic rings. The Bertz CT molecular complexity index is 1230. The van der Waals surface area contributed by atoms with Crippen LogP contribution in [0.15, 0.2) is 65.1 Å². The number of nitrogens with zero attached hydrogens (tertiary/aromatic N) is 1. The minimum atomic E-state index is -0.508. The van der Waals surface area contributed by atoms with Gasteiger partial charge in [0, 0.05) is 29.0 Å². The number of amides is 1. The van der Waals surface area contributed by atoms with E-state index in [9.17, 15) is 14.9 Å². The molecule has 7 nitrogen and oxygen atoms in total. The van der Waals surface area contributed by atoms with Gasteiger partial charge in [0.2, 0.25) is 5.91 Å². The number of benzene rings is 3. The van der Waals surface area contributed by atoms with Crippen LogP contribution in [0.3, 0.4) is 0 Å². The number of methoxy groups -OCH3 is 1. The number of hydrogen-bond donors (Lipinski definition) is 1. The number of nitro benzene ring substituents is 1. The number of para-hydroxylation sites is 1. The van der Waals surface area contributed by atoms with Gasteiger partial charge in [0.25, 0.3) is 5.69 Å². The molecule has 1 aromatic heterocycles. The van der Waals surface area contributed by atoms with Crippen molar-refractivity contribution in [1.29, 1.82) is 0 Å². The van der Waals surface area contributed by atoms with Crippen molar-refractivity contribution in [3.63, 3.8) is 0 Å². The average molecular weight is 390 g/mol. The lowest BCUT2D eigenvalue weighted by atomic mass is 10.00. The van der Waals surface area contributed by atoms with Crippen LogP contribution in [-0.2, 0) is 4.79 Å². The molecule has 0 saturated carbocycles. The number of carbonyl (C=O) groups is 1. The van der Waals surface area contributed by atoms with Crippen molar-refractivity contribution in [3.8, 4) is 5.75 Å². The Morgan fingerprint density at radius 2 is 1.79 bits per heavy atom. The van der Waals surface area contributed by atoms with Crippen molar-refractivity contribution in [2.45, 2.75) is 12.8 Å². The molecule has 1 heterocycles. The largest absolute Gasteiger partial charge is 0.495 e. The highest BCUT2D eigenvalue weighted by atomic mass is 16.6. The Morgan fingerprint density at radius 1 is 1.07 bits per heavy atom. The maximum atomic E-state index is 12.8. The number of nitro groups is 1. The van der Waals surface area contributed by atoms with E-state index in [0.29, 0.717) is 22.6 Å². The Labute approximate surface area is 166 Å². The molecule has 1 amide bonds. The standard InChI is InChI=1S/C22H18N2O5/c1-13(14-7-9-15(10-8-14)24(26)27)22(25)23-18-12-20-17(11-21(18)28-2)16-5-3-4-6-19(16)29-20/h3-13H,1-2H3,(H,23,25). The van der Waals surface area contributed by atoms with Crippen LogP contribution in [0.5, 0.6) is 5.75 Å². The molecule has 0 radical (unpaired) electrons. The van der Waals surface area contributed by atoms with Crippen molar-refractivity contribution >= 4 is 39.2 Å². The first-order valence-corrected chi connectivity index (χ1v) is 9.02. The number of nitrogens with one attached hydrogen (secondary N) is 1. The monoisotopic (exact) mass is 390 g/mol. The van der Waals surface area contributed by atoms with Gasteiger partial charge in [-0.3, -0.25) is 14.9 Å². The lowest BCUT2D eigenvalue weighted by molar-refractivity contribution is -0.384. The molecule has 0 bridgehead atoms. The number of furan rings is 1. The third kappa shape index (κ3) is 3.38. The summed E-state index contributed by atoms with van der Waals surface area (Å²) in [6.07, 6.45) is 0. The number of rotatable bonds is 5. The molecule has 0 fully saturated rings. The molecule has 1 N–H and O–H groups in total. The van der Waals surface area contributed by atoms with Gasteiger partial charge in [-0.15, -0.1) is 0 Å². The highest BCUT2D eigenvalue weighted by Crippen LogP contribution is 2.36. The molecule has 0 aliphatic rings. The third-order valence-corrected chi connectivity index (χ3v) is 4.95. The Hall–Kier alpha value is -3.87. The molecule has 4 rings (SSSR count). The summed E-state index contributed by atoms with van der Waals surface area (Å²) in [5.74, 6) is -0.243. The van der Waals surface area contributed by atoms with Crippen LogP contribution in [0.25, 0.3) is 21.9 Å². The smallest absolute Gasteiger partial charge is 0.269 e. The zero-order chi connectivity index (χ0) is 20.5. The molecule has 0 aliphatic heterocycles. The molecular formula is C22H18N2O5. The number of carbonyl (C=O) groups excluding carboxylic acids is 1. The van der Waals surface area contributed by atoms with Crippen LogP contribution in [0.1, 0.15) is 18.4 Å². The number of ether oxygens (including phenoxy) is 1. The van der Waals surface area contributed by atoms with Crippen LogP contribution in [0, 0.1) is 10.1 Å². The maximum absolute atomic E-state index is 12.8. The summed E-state index contributed by atoms with van der Waals surface area (Å²) in [6, 6.07) is 17.2. The Morgan fingerprint density at radius 3 is 2.48 bits per heavy atom. The highest BCUT2D eigenvalue weighted by Gasteiger charge is 2.19. The third-order valence-electron chi connectivity index (χ3n) is 4.95. The minimum Gasteiger partial charge on any atom is -0.495 e. The van der Waals surface area contributed by atoms with Crippen LogP contribution in [-0.4, -0.2) is 17.9 Å². The zero-order valence-electron chi connectivity index (χ0n) is 15.8. The van der Waals surface area contributed by atoms with Crippen molar-refractivity contribution in [2.75, 3.05) is 12.4 Å². The second kappa shape index (κ2) is 7.27. The van der Waals surface area contributed by atoms with Crippen molar-refractivity contribution in [2.24, 2.45) is 0 Å². The van der Waals surface area contributed by atoms with E-state index in [0.717, 1.165) is 16.4 Å². The molecule has 1 unspecified atom stereocenters. The second-order valence-corrected chi connectivity index (χ2v) is 6.71. The van der Waals surface area contributed by atoms with E-state index in [2.05, 4.69) is 5.32 Å². The van der Waals surface area contributed by atoms with Crippen LogP contribution >= 0.6 is 0 Å². The van der Waals surface area contributed by atoms with Gasteiger partial charge < -0.3 is 14.5 Å². The highest BCUT2D eigenvalue weighted by molar-refractivity contribution is 6.08. The number of non-ortho nitro benzene ring substituents is 1. The summed E-state index contributed by atoms with van der Waals surface area (Å²) in [4.78, 5) is 23.1. The summed E-state index contributed by atoms with van der Waals surface area (Å²) < 4.78 is 11.4. The van der Waals surface area contributed by atoms with Crippen molar-refractivity contribution < 1.29 is 18.9 Å². The van der Waals surface area contributed by atoms with Crippen LogP contribution in [0.2, 0.25) is 0 Å². The topological polar surface area (TPSA) is 94.6 Å². The fourth-order valence-electron chi connectivity index (χ4n) is 3.30. The SMILES string of the molecule is COc1cc2c(cc1NC(=O)C(C)c1ccc([N+](=O)[O-])cc1)oc1ccccc12. The fraction of sp³-hybridized carbons (Fsp3) is 0.136. The average Bonchev–Trinajstić information content (AvgIpc) is 3.09. The molecule has 29 heavy (non-hydrogen) atoms. The first kappa shape index (κ1) is 18.5. The van der Waals surface area contributed by atoms with Gasteiger partial charge in [0.05, 0.1) is 23.6 Å². The predicted molar refractivity (Wildman–Crippen MR) is 110 cm³/mol. The van der Waals surface area contributed by atoms with E-state index in [1.165, 1.54) is 12.1 Å². The Balaban J connectivity index is 1.64. The molecule has 0 spiro atoms. The number of anilines is 1. The molecule has 0 saturated heterocycles. The van der Waals surface area contributed by atoms with E-state index in [-0.39, 0.29) is 11.6 Å². The number of hydrogen-bond acceptors (Lipinski definition) is 5. The second-order valence-electron chi connectivity index (χ2n) is 6.71.